The van der Waals surface area contributed by atoms with Gasteiger partial charge in [0.05, 0.1) is 16.4 Å². The Morgan fingerprint density at radius 2 is 1.16 bits per heavy atom. The quantitative estimate of drug-likeness (QED) is 0.187. The lowest BCUT2D eigenvalue weighted by atomic mass is 9.81. The van der Waals surface area contributed by atoms with Gasteiger partial charge in [-0.05, 0) is 68.2 Å². The molecule has 0 amide bonds. The first-order valence-corrected chi connectivity index (χ1v) is 17.1. The Morgan fingerprint density at radius 3 is 2.04 bits per heavy atom. The summed E-state index contributed by atoms with van der Waals surface area (Å²) in [4.78, 5) is 0. The molecule has 0 saturated carbocycles. The Morgan fingerprint density at radius 1 is 0.469 bits per heavy atom. The first-order valence-electron chi connectivity index (χ1n) is 17.1. The Kier molecular flexibility index (Phi) is 5.21. The highest BCUT2D eigenvalue weighted by molar-refractivity contribution is 6.38. The van der Waals surface area contributed by atoms with Gasteiger partial charge in [0.25, 0.3) is 0 Å². The number of hydrogen-bond donors (Lipinski definition) is 0. The second-order valence-corrected chi connectivity index (χ2v) is 14.0. The van der Waals surface area contributed by atoms with Crippen molar-refractivity contribution in [3.8, 4) is 27.9 Å². The fourth-order valence-corrected chi connectivity index (χ4v) is 8.95. The topological polar surface area (TPSA) is 18.1 Å². The molecule has 10 aromatic rings. The van der Waals surface area contributed by atoms with E-state index in [0.717, 1.165) is 33.2 Å². The zero-order valence-electron chi connectivity index (χ0n) is 27.3. The molecule has 2 nitrogen and oxygen atoms in total. The van der Waals surface area contributed by atoms with Crippen LogP contribution in [0.4, 0.5) is 0 Å². The van der Waals surface area contributed by atoms with Gasteiger partial charge in [0.2, 0.25) is 0 Å². The van der Waals surface area contributed by atoms with Crippen LogP contribution in [-0.4, -0.2) is 4.57 Å². The minimum absolute atomic E-state index is 0.0770. The number of furan rings is 1. The predicted octanol–water partition coefficient (Wildman–Crippen LogP) is 13.0. The van der Waals surface area contributed by atoms with Gasteiger partial charge >= 0.3 is 0 Å². The van der Waals surface area contributed by atoms with Gasteiger partial charge in [-0.2, -0.15) is 0 Å². The Balaban J connectivity index is 1.30. The summed E-state index contributed by atoms with van der Waals surface area (Å²) in [6, 6.07) is 55.4. The fourth-order valence-electron chi connectivity index (χ4n) is 8.95. The van der Waals surface area contributed by atoms with Crippen molar-refractivity contribution in [3.05, 3.63) is 163 Å². The first-order chi connectivity index (χ1) is 24.1. The predicted molar refractivity (Wildman–Crippen MR) is 206 cm³/mol. The van der Waals surface area contributed by atoms with E-state index in [9.17, 15) is 0 Å². The van der Waals surface area contributed by atoms with Crippen molar-refractivity contribution in [1.82, 2.24) is 4.57 Å². The smallest absolute Gasteiger partial charge is 0.146 e. The van der Waals surface area contributed by atoms with Crippen molar-refractivity contribution >= 4 is 65.3 Å². The van der Waals surface area contributed by atoms with Crippen LogP contribution in [-0.2, 0) is 5.41 Å². The van der Waals surface area contributed by atoms with Crippen molar-refractivity contribution in [2.45, 2.75) is 19.3 Å². The van der Waals surface area contributed by atoms with E-state index in [2.05, 4.69) is 170 Å². The summed E-state index contributed by atoms with van der Waals surface area (Å²) in [7, 11) is 0. The molecule has 0 bridgehead atoms. The molecule has 1 aliphatic rings. The molecule has 0 radical (unpaired) electrons. The highest BCUT2D eigenvalue weighted by atomic mass is 16.3. The van der Waals surface area contributed by atoms with E-state index in [-0.39, 0.29) is 5.41 Å². The van der Waals surface area contributed by atoms with Gasteiger partial charge in [-0.15, -0.1) is 0 Å². The Hall–Kier alpha value is -6.12. The lowest BCUT2D eigenvalue weighted by molar-refractivity contribution is 0.660. The van der Waals surface area contributed by atoms with Gasteiger partial charge in [0.1, 0.15) is 11.2 Å². The zero-order chi connectivity index (χ0) is 32.4. The zero-order valence-corrected chi connectivity index (χ0v) is 27.3. The minimum atomic E-state index is -0.0770. The molecule has 0 aliphatic heterocycles. The van der Waals surface area contributed by atoms with E-state index in [1.54, 1.807) is 0 Å². The summed E-state index contributed by atoms with van der Waals surface area (Å²) in [6.45, 7) is 4.69. The second-order valence-electron chi connectivity index (χ2n) is 14.0. The fraction of sp³-hybridized carbons (Fsp3) is 0.0638. The molecule has 2 heterocycles. The molecule has 2 heteroatoms. The molecule has 49 heavy (non-hydrogen) atoms. The number of nitrogens with zero attached hydrogens (tertiary/aromatic N) is 1. The summed E-state index contributed by atoms with van der Waals surface area (Å²) in [5.41, 5.74) is 13.0. The summed E-state index contributed by atoms with van der Waals surface area (Å²) >= 11 is 0. The van der Waals surface area contributed by atoms with Gasteiger partial charge in [0.15, 0.2) is 0 Å². The van der Waals surface area contributed by atoms with E-state index in [1.165, 1.54) is 71.2 Å². The normalized spacial score (nSPS) is 13.7. The molecule has 0 N–H and O–H groups in total. The average molecular weight is 626 g/mol. The van der Waals surface area contributed by atoms with E-state index in [4.69, 9.17) is 4.42 Å². The lowest BCUT2D eigenvalue weighted by Gasteiger charge is -2.22. The van der Waals surface area contributed by atoms with Gasteiger partial charge in [0, 0.05) is 38.2 Å². The Bertz CT molecular complexity index is 3010. The molecule has 230 valence electrons. The second kappa shape index (κ2) is 9.49. The first kappa shape index (κ1) is 26.9. The van der Waals surface area contributed by atoms with Crippen LogP contribution in [0.5, 0.6) is 0 Å². The molecule has 0 fully saturated rings. The number of fused-ring (bicyclic) bond motifs is 15. The third-order valence-electron chi connectivity index (χ3n) is 11.2. The van der Waals surface area contributed by atoms with E-state index in [0.29, 0.717) is 0 Å². The van der Waals surface area contributed by atoms with Crippen molar-refractivity contribution in [1.29, 1.82) is 0 Å². The van der Waals surface area contributed by atoms with Crippen LogP contribution < -0.4 is 0 Å². The van der Waals surface area contributed by atoms with Crippen molar-refractivity contribution < 1.29 is 4.42 Å². The highest BCUT2D eigenvalue weighted by Crippen LogP contribution is 2.51. The molecule has 11 rings (SSSR count). The lowest BCUT2D eigenvalue weighted by Crippen LogP contribution is -2.14. The number of rotatable bonds is 2. The molecular weight excluding hydrogens is 595 g/mol. The van der Waals surface area contributed by atoms with Gasteiger partial charge in [-0.1, -0.05) is 141 Å². The van der Waals surface area contributed by atoms with Crippen LogP contribution in [0.15, 0.2) is 156 Å². The maximum atomic E-state index is 7.29. The molecule has 0 unspecified atom stereocenters. The minimum Gasteiger partial charge on any atom is -0.455 e. The van der Waals surface area contributed by atoms with Crippen LogP contribution in [0.25, 0.3) is 93.2 Å². The SMILES string of the molecule is CC1(C)c2ccccc2-c2ccc(-c3cccc4c3oc3c4c4ccccc4c4c3c3c5ccccc5ccc3n4-c3ccccc3)cc21. The molecule has 0 atom stereocenters. The van der Waals surface area contributed by atoms with Gasteiger partial charge in [-0.3, -0.25) is 0 Å². The average Bonchev–Trinajstić information content (AvgIpc) is 3.79. The van der Waals surface area contributed by atoms with Crippen LogP contribution in [0, 0.1) is 0 Å². The van der Waals surface area contributed by atoms with Crippen LogP contribution in [0.1, 0.15) is 25.0 Å². The molecule has 1 aliphatic carbocycles. The Labute approximate surface area is 283 Å². The molecule has 2 aromatic heterocycles. The van der Waals surface area contributed by atoms with Crippen LogP contribution >= 0.6 is 0 Å². The third-order valence-corrected chi connectivity index (χ3v) is 11.2. The van der Waals surface area contributed by atoms with Crippen molar-refractivity contribution in [3.63, 3.8) is 0 Å². The maximum Gasteiger partial charge on any atom is 0.146 e. The van der Waals surface area contributed by atoms with Crippen LogP contribution in [0.3, 0.4) is 0 Å². The van der Waals surface area contributed by atoms with Gasteiger partial charge in [-0.25, -0.2) is 0 Å². The molecular formula is C47H31NO. The van der Waals surface area contributed by atoms with E-state index in [1.807, 2.05) is 0 Å². The number of aromatic nitrogens is 1. The molecule has 0 saturated heterocycles. The van der Waals surface area contributed by atoms with Crippen LogP contribution in [0.2, 0.25) is 0 Å². The van der Waals surface area contributed by atoms with Gasteiger partial charge < -0.3 is 8.98 Å². The molecule has 8 aromatic carbocycles. The van der Waals surface area contributed by atoms with Crippen molar-refractivity contribution in [2.24, 2.45) is 0 Å². The standard InChI is InChI=1S/C47H31NO/c1-47(2)38-22-11-10-17-33(38)34-25-23-29(27-39(34)47)32-20-12-21-37-41-35-18-8-9-19-36(35)44-43(46(41)49-45(32)37)42-31-16-7-6-13-28(31)24-26-40(42)48(44)30-14-4-3-5-15-30/h3-27H,1-2H3. The summed E-state index contributed by atoms with van der Waals surface area (Å²) in [5.74, 6) is 0. The largest absolute Gasteiger partial charge is 0.455 e. The van der Waals surface area contributed by atoms with E-state index < -0.39 is 0 Å². The number of hydrogen-bond acceptors (Lipinski definition) is 1. The molecule has 0 spiro atoms. The van der Waals surface area contributed by atoms with E-state index >= 15 is 0 Å². The monoisotopic (exact) mass is 625 g/mol. The maximum absolute atomic E-state index is 7.29. The third kappa shape index (κ3) is 3.45. The highest BCUT2D eigenvalue weighted by Gasteiger charge is 2.35. The number of para-hydroxylation sites is 2. The number of benzene rings is 8. The van der Waals surface area contributed by atoms with Crippen molar-refractivity contribution in [2.75, 3.05) is 0 Å². The summed E-state index contributed by atoms with van der Waals surface area (Å²) < 4.78 is 9.72. The summed E-state index contributed by atoms with van der Waals surface area (Å²) in [5, 5.41) is 9.60. The summed E-state index contributed by atoms with van der Waals surface area (Å²) in [6.07, 6.45) is 0.